The van der Waals surface area contributed by atoms with Gasteiger partial charge >= 0.3 is 0 Å². The third-order valence-corrected chi connectivity index (χ3v) is 2.95. The Morgan fingerprint density at radius 2 is 1.89 bits per heavy atom. The van der Waals surface area contributed by atoms with Crippen LogP contribution in [0.2, 0.25) is 0 Å². The lowest BCUT2D eigenvalue weighted by Gasteiger charge is -1.95. The molecule has 1 aliphatic carbocycles. The summed E-state index contributed by atoms with van der Waals surface area (Å²) in [5.74, 6) is 13.5. The van der Waals surface area contributed by atoms with E-state index in [-0.39, 0.29) is 0 Å². The summed E-state index contributed by atoms with van der Waals surface area (Å²) in [6.45, 7) is 4.27. The molecule has 0 nitrogen and oxygen atoms in total. The molecule has 0 aromatic heterocycles. The van der Waals surface area contributed by atoms with E-state index in [1.54, 1.807) is 5.57 Å². The zero-order valence-electron chi connectivity index (χ0n) is 11.8. The monoisotopic (exact) mass is 248 g/mol. The normalized spacial score (nSPS) is 12.3. The summed E-state index contributed by atoms with van der Waals surface area (Å²) in [4.78, 5) is 0. The van der Waals surface area contributed by atoms with Gasteiger partial charge in [-0.25, -0.2) is 0 Å². The van der Waals surface area contributed by atoms with Crippen molar-refractivity contribution in [3.63, 3.8) is 0 Å². The number of allylic oxidation sites excluding steroid dienone is 2. The summed E-state index contributed by atoms with van der Waals surface area (Å²) in [6.07, 6.45) is 4.40. The Hall–Kier alpha value is -1.92. The van der Waals surface area contributed by atoms with Gasteiger partial charge in [0.2, 0.25) is 0 Å². The Morgan fingerprint density at radius 3 is 2.53 bits per heavy atom. The molecule has 0 spiro atoms. The van der Waals surface area contributed by atoms with E-state index in [2.05, 4.69) is 37.5 Å². The summed E-state index contributed by atoms with van der Waals surface area (Å²) in [5, 5.41) is 0. The van der Waals surface area contributed by atoms with Crippen molar-refractivity contribution in [3.05, 3.63) is 47.0 Å². The predicted octanol–water partition coefficient (Wildman–Crippen LogP) is 4.57. The van der Waals surface area contributed by atoms with Crippen molar-refractivity contribution in [2.24, 2.45) is 5.92 Å². The van der Waals surface area contributed by atoms with E-state index >= 15 is 0 Å². The van der Waals surface area contributed by atoms with E-state index in [0.29, 0.717) is 5.92 Å². The van der Waals surface area contributed by atoms with Crippen molar-refractivity contribution in [2.75, 3.05) is 0 Å². The van der Waals surface area contributed by atoms with E-state index < -0.39 is 0 Å². The molecule has 0 bridgehead atoms. The minimum Gasteiger partial charge on any atom is -0.0975 e. The Kier molecular flexibility index (Phi) is 4.88. The summed E-state index contributed by atoms with van der Waals surface area (Å²) < 4.78 is 0. The second-order valence-corrected chi connectivity index (χ2v) is 5.17. The molecule has 0 heterocycles. The van der Waals surface area contributed by atoms with Gasteiger partial charge in [0.1, 0.15) is 0 Å². The van der Waals surface area contributed by atoms with E-state index in [0.717, 1.165) is 18.4 Å². The van der Waals surface area contributed by atoms with Crippen LogP contribution in [-0.2, 0) is 0 Å². The Balaban J connectivity index is 1.90. The number of hydrogen-bond donors (Lipinski definition) is 0. The standard InChI is InChI=1S/C19H20/c1-16(2)12-13-18(19-14-15-19)11-7-6-10-17-8-4-3-5-9-17/h3-5,8-9,16H,7,11,14-15H2,1-2H3. The van der Waals surface area contributed by atoms with Crippen molar-refractivity contribution in [3.8, 4) is 23.7 Å². The fraction of sp³-hybridized carbons (Fsp3) is 0.368. The second-order valence-electron chi connectivity index (χ2n) is 5.17. The van der Waals surface area contributed by atoms with Crippen molar-refractivity contribution >= 4 is 0 Å². The first-order valence-electron chi connectivity index (χ1n) is 7.02. The minimum absolute atomic E-state index is 0.449. The molecule has 0 radical (unpaired) electrons. The highest BCUT2D eigenvalue weighted by Gasteiger charge is 2.15. The lowest BCUT2D eigenvalue weighted by Crippen LogP contribution is -1.83. The maximum Gasteiger partial charge on any atom is 0.0245 e. The Bertz CT molecular complexity index is 559. The largest absolute Gasteiger partial charge is 0.0975 e. The Labute approximate surface area is 116 Å². The van der Waals surface area contributed by atoms with Crippen LogP contribution in [-0.4, -0.2) is 0 Å². The van der Waals surface area contributed by atoms with Crippen LogP contribution in [0.1, 0.15) is 45.1 Å². The summed E-state index contributed by atoms with van der Waals surface area (Å²) in [5.41, 5.74) is 3.99. The van der Waals surface area contributed by atoms with E-state index in [1.807, 2.05) is 30.3 Å². The first kappa shape index (κ1) is 13.5. The molecule has 0 aliphatic heterocycles. The first-order valence-corrected chi connectivity index (χ1v) is 7.02. The van der Waals surface area contributed by atoms with E-state index in [1.165, 1.54) is 18.4 Å². The van der Waals surface area contributed by atoms with Crippen LogP contribution in [0.25, 0.3) is 0 Å². The third-order valence-electron chi connectivity index (χ3n) is 2.95. The van der Waals surface area contributed by atoms with Gasteiger partial charge in [0, 0.05) is 23.5 Å². The van der Waals surface area contributed by atoms with Gasteiger partial charge in [-0.1, -0.05) is 61.3 Å². The van der Waals surface area contributed by atoms with Crippen LogP contribution >= 0.6 is 0 Å². The van der Waals surface area contributed by atoms with Crippen molar-refractivity contribution in [2.45, 2.75) is 39.5 Å². The quantitative estimate of drug-likeness (QED) is 0.673. The molecule has 1 saturated carbocycles. The molecule has 0 saturated heterocycles. The van der Waals surface area contributed by atoms with Crippen molar-refractivity contribution < 1.29 is 0 Å². The van der Waals surface area contributed by atoms with Crippen LogP contribution < -0.4 is 0 Å². The van der Waals surface area contributed by atoms with Crippen molar-refractivity contribution in [1.29, 1.82) is 0 Å². The smallest absolute Gasteiger partial charge is 0.0245 e. The van der Waals surface area contributed by atoms with Gasteiger partial charge in [0.15, 0.2) is 0 Å². The zero-order chi connectivity index (χ0) is 13.5. The lowest BCUT2D eigenvalue weighted by atomic mass is 10.1. The third kappa shape index (κ3) is 5.07. The zero-order valence-corrected chi connectivity index (χ0v) is 11.8. The molecular weight excluding hydrogens is 228 g/mol. The summed E-state index contributed by atoms with van der Waals surface area (Å²) >= 11 is 0. The van der Waals surface area contributed by atoms with Gasteiger partial charge in [-0.05, 0) is 31.4 Å². The van der Waals surface area contributed by atoms with Crippen LogP contribution in [0, 0.1) is 29.6 Å². The molecule has 0 atom stereocenters. The molecule has 0 heteroatoms. The summed E-state index contributed by atoms with van der Waals surface area (Å²) in [7, 11) is 0. The highest BCUT2D eigenvalue weighted by Crippen LogP contribution is 2.33. The molecule has 1 fully saturated rings. The van der Waals surface area contributed by atoms with Gasteiger partial charge in [-0.15, -0.1) is 0 Å². The van der Waals surface area contributed by atoms with E-state index in [4.69, 9.17) is 0 Å². The van der Waals surface area contributed by atoms with Crippen LogP contribution in [0.15, 0.2) is 41.5 Å². The van der Waals surface area contributed by atoms with Gasteiger partial charge in [0.05, 0.1) is 0 Å². The van der Waals surface area contributed by atoms with Crippen LogP contribution in [0.3, 0.4) is 0 Å². The minimum atomic E-state index is 0.449. The highest BCUT2D eigenvalue weighted by atomic mass is 14.2. The molecule has 96 valence electrons. The van der Waals surface area contributed by atoms with Gasteiger partial charge in [-0.2, -0.15) is 0 Å². The molecule has 0 amide bonds. The fourth-order valence-corrected chi connectivity index (χ4v) is 1.80. The molecule has 1 aromatic carbocycles. The number of hydrogen-bond acceptors (Lipinski definition) is 0. The van der Waals surface area contributed by atoms with Crippen LogP contribution in [0.5, 0.6) is 0 Å². The molecular formula is C19H20. The van der Waals surface area contributed by atoms with Gasteiger partial charge in [0.25, 0.3) is 0 Å². The molecule has 0 unspecified atom stereocenters. The fourth-order valence-electron chi connectivity index (χ4n) is 1.80. The van der Waals surface area contributed by atoms with Gasteiger partial charge < -0.3 is 0 Å². The maximum absolute atomic E-state index is 3.34. The van der Waals surface area contributed by atoms with E-state index in [9.17, 15) is 0 Å². The van der Waals surface area contributed by atoms with Gasteiger partial charge in [-0.3, -0.25) is 0 Å². The Morgan fingerprint density at radius 1 is 1.16 bits per heavy atom. The first-order chi connectivity index (χ1) is 9.25. The number of rotatable bonds is 2. The average molecular weight is 248 g/mol. The SMILES string of the molecule is CC(C)C#CC(CCC#Cc1ccccc1)=C1CC1. The van der Waals surface area contributed by atoms with Crippen LogP contribution in [0.4, 0.5) is 0 Å². The topological polar surface area (TPSA) is 0 Å². The summed E-state index contributed by atoms with van der Waals surface area (Å²) in [6, 6.07) is 10.2. The molecule has 2 rings (SSSR count). The predicted molar refractivity (Wildman–Crippen MR) is 81.4 cm³/mol. The molecule has 1 aliphatic rings. The maximum atomic E-state index is 3.34. The molecule has 19 heavy (non-hydrogen) atoms. The number of benzene rings is 1. The second kappa shape index (κ2) is 6.86. The molecule has 1 aromatic rings. The lowest BCUT2D eigenvalue weighted by molar-refractivity contribution is 0.865. The highest BCUT2D eigenvalue weighted by molar-refractivity contribution is 5.40. The average Bonchev–Trinajstić information content (AvgIpc) is 3.23. The molecule has 0 N–H and O–H groups in total. The van der Waals surface area contributed by atoms with Crippen molar-refractivity contribution in [1.82, 2.24) is 0 Å².